The van der Waals surface area contributed by atoms with Crippen LogP contribution in [0.15, 0.2) is 54.6 Å². The molecule has 2 aromatic rings. The standard InChI is InChI=1S/C18H19NO4/c1-2-14-8-6-7-11-16(14)22-13-18(21)23-12-17(20)19-15-9-4-3-5-10-15/h3-11H,2,12-13H2,1H3,(H,19,20). The summed E-state index contributed by atoms with van der Waals surface area (Å²) in [6, 6.07) is 16.5. The number of anilines is 1. The summed E-state index contributed by atoms with van der Waals surface area (Å²) in [5, 5.41) is 2.63. The van der Waals surface area contributed by atoms with Crippen molar-refractivity contribution in [2.24, 2.45) is 0 Å². The minimum absolute atomic E-state index is 0.227. The van der Waals surface area contributed by atoms with Crippen molar-refractivity contribution in [3.8, 4) is 5.75 Å². The first-order valence-corrected chi connectivity index (χ1v) is 7.40. The number of hydrogen-bond acceptors (Lipinski definition) is 4. The molecule has 0 atom stereocenters. The number of hydrogen-bond donors (Lipinski definition) is 1. The van der Waals surface area contributed by atoms with E-state index < -0.39 is 11.9 Å². The molecular formula is C18H19NO4. The Kier molecular flexibility index (Phi) is 6.17. The van der Waals surface area contributed by atoms with Gasteiger partial charge in [-0.1, -0.05) is 43.3 Å². The Hall–Kier alpha value is -2.82. The molecule has 23 heavy (non-hydrogen) atoms. The minimum atomic E-state index is -0.584. The molecule has 0 bridgehead atoms. The van der Waals surface area contributed by atoms with Crippen molar-refractivity contribution in [3.05, 3.63) is 60.2 Å². The highest BCUT2D eigenvalue weighted by Crippen LogP contribution is 2.18. The van der Waals surface area contributed by atoms with Gasteiger partial charge in [0.05, 0.1) is 0 Å². The summed E-state index contributed by atoms with van der Waals surface area (Å²) in [7, 11) is 0. The third-order valence-electron chi connectivity index (χ3n) is 3.12. The van der Waals surface area contributed by atoms with Crippen LogP contribution in [0.4, 0.5) is 5.69 Å². The normalized spacial score (nSPS) is 9.96. The van der Waals surface area contributed by atoms with Gasteiger partial charge < -0.3 is 14.8 Å². The molecular weight excluding hydrogens is 294 g/mol. The molecule has 0 aliphatic rings. The molecule has 5 nitrogen and oxygen atoms in total. The Labute approximate surface area is 135 Å². The Morgan fingerprint density at radius 2 is 1.65 bits per heavy atom. The van der Waals surface area contributed by atoms with Crippen molar-refractivity contribution >= 4 is 17.6 Å². The third-order valence-corrected chi connectivity index (χ3v) is 3.12. The largest absolute Gasteiger partial charge is 0.482 e. The van der Waals surface area contributed by atoms with Crippen LogP contribution in [-0.2, 0) is 20.7 Å². The fourth-order valence-corrected chi connectivity index (χ4v) is 1.98. The lowest BCUT2D eigenvalue weighted by Gasteiger charge is -2.10. The molecule has 0 saturated carbocycles. The van der Waals surface area contributed by atoms with Crippen LogP contribution in [0.1, 0.15) is 12.5 Å². The number of aryl methyl sites for hydroxylation is 1. The molecule has 0 radical (unpaired) electrons. The molecule has 0 aliphatic heterocycles. The molecule has 0 saturated heterocycles. The zero-order chi connectivity index (χ0) is 16.5. The number of rotatable bonds is 7. The summed E-state index contributed by atoms with van der Waals surface area (Å²) in [6.07, 6.45) is 0.810. The molecule has 0 heterocycles. The summed E-state index contributed by atoms with van der Waals surface area (Å²) in [6.45, 7) is 1.44. The number of carbonyl (C=O) groups excluding carboxylic acids is 2. The van der Waals surface area contributed by atoms with Gasteiger partial charge in [0.2, 0.25) is 0 Å². The number of carbonyl (C=O) groups is 2. The first-order chi connectivity index (χ1) is 11.2. The Morgan fingerprint density at radius 3 is 2.39 bits per heavy atom. The summed E-state index contributed by atoms with van der Waals surface area (Å²) >= 11 is 0. The van der Waals surface area contributed by atoms with E-state index in [-0.39, 0.29) is 13.2 Å². The molecule has 0 aliphatic carbocycles. The fourth-order valence-electron chi connectivity index (χ4n) is 1.98. The minimum Gasteiger partial charge on any atom is -0.482 e. The molecule has 1 amide bonds. The van der Waals surface area contributed by atoms with Gasteiger partial charge in [-0.15, -0.1) is 0 Å². The highest BCUT2D eigenvalue weighted by molar-refractivity contribution is 5.92. The van der Waals surface area contributed by atoms with E-state index in [2.05, 4.69) is 5.32 Å². The van der Waals surface area contributed by atoms with E-state index in [1.165, 1.54) is 0 Å². The zero-order valence-electron chi connectivity index (χ0n) is 13.0. The van der Waals surface area contributed by atoms with Gasteiger partial charge in [-0.2, -0.15) is 0 Å². The molecule has 0 spiro atoms. The van der Waals surface area contributed by atoms with Crippen LogP contribution >= 0.6 is 0 Å². The molecule has 1 N–H and O–H groups in total. The maximum absolute atomic E-state index is 11.7. The molecule has 2 rings (SSSR count). The summed E-state index contributed by atoms with van der Waals surface area (Å²) < 4.78 is 10.3. The second kappa shape index (κ2) is 8.58. The number of esters is 1. The van der Waals surface area contributed by atoms with Crippen molar-refractivity contribution in [3.63, 3.8) is 0 Å². The summed E-state index contributed by atoms with van der Waals surface area (Å²) in [4.78, 5) is 23.3. The molecule has 2 aromatic carbocycles. The van der Waals surface area contributed by atoms with Crippen molar-refractivity contribution < 1.29 is 19.1 Å². The van der Waals surface area contributed by atoms with Gasteiger partial charge in [0.25, 0.3) is 5.91 Å². The van der Waals surface area contributed by atoms with E-state index in [4.69, 9.17) is 9.47 Å². The van der Waals surface area contributed by atoms with Crippen molar-refractivity contribution in [2.45, 2.75) is 13.3 Å². The number of benzene rings is 2. The van der Waals surface area contributed by atoms with Crippen LogP contribution in [0.2, 0.25) is 0 Å². The second-order valence-corrected chi connectivity index (χ2v) is 4.82. The van der Waals surface area contributed by atoms with E-state index in [9.17, 15) is 9.59 Å². The molecule has 0 fully saturated rings. The SMILES string of the molecule is CCc1ccccc1OCC(=O)OCC(=O)Nc1ccccc1. The fraction of sp³-hybridized carbons (Fsp3) is 0.222. The highest BCUT2D eigenvalue weighted by atomic mass is 16.6. The third kappa shape index (κ3) is 5.47. The highest BCUT2D eigenvalue weighted by Gasteiger charge is 2.10. The van der Waals surface area contributed by atoms with Crippen LogP contribution < -0.4 is 10.1 Å². The zero-order valence-corrected chi connectivity index (χ0v) is 13.0. The molecule has 5 heteroatoms. The quantitative estimate of drug-likeness (QED) is 0.798. The van der Waals surface area contributed by atoms with Gasteiger partial charge in [0, 0.05) is 5.69 Å². The van der Waals surface area contributed by atoms with Crippen LogP contribution in [0.25, 0.3) is 0 Å². The smallest absolute Gasteiger partial charge is 0.344 e. The van der Waals surface area contributed by atoms with E-state index in [1.807, 2.05) is 31.2 Å². The summed E-state index contributed by atoms with van der Waals surface area (Å²) in [5.41, 5.74) is 1.67. The summed E-state index contributed by atoms with van der Waals surface area (Å²) in [5.74, 6) is -0.321. The van der Waals surface area contributed by atoms with Gasteiger partial charge in [-0.3, -0.25) is 4.79 Å². The van der Waals surface area contributed by atoms with Gasteiger partial charge in [-0.25, -0.2) is 4.79 Å². The van der Waals surface area contributed by atoms with E-state index in [1.54, 1.807) is 30.3 Å². The predicted octanol–water partition coefficient (Wildman–Crippen LogP) is 2.81. The number of para-hydroxylation sites is 2. The van der Waals surface area contributed by atoms with Crippen molar-refractivity contribution in [1.82, 2.24) is 0 Å². The average Bonchev–Trinajstić information content (AvgIpc) is 2.59. The van der Waals surface area contributed by atoms with Crippen LogP contribution in [-0.4, -0.2) is 25.1 Å². The van der Waals surface area contributed by atoms with Gasteiger partial charge in [0.1, 0.15) is 5.75 Å². The lowest BCUT2D eigenvalue weighted by molar-refractivity contribution is -0.149. The van der Waals surface area contributed by atoms with E-state index >= 15 is 0 Å². The Bertz CT molecular complexity index is 655. The second-order valence-electron chi connectivity index (χ2n) is 4.82. The lowest BCUT2D eigenvalue weighted by atomic mass is 10.1. The number of ether oxygens (including phenoxy) is 2. The van der Waals surface area contributed by atoms with Gasteiger partial charge in [0.15, 0.2) is 13.2 Å². The van der Waals surface area contributed by atoms with Crippen molar-refractivity contribution in [2.75, 3.05) is 18.5 Å². The molecule has 120 valence electrons. The first kappa shape index (κ1) is 16.5. The Morgan fingerprint density at radius 1 is 0.957 bits per heavy atom. The van der Waals surface area contributed by atoms with Gasteiger partial charge in [-0.05, 0) is 30.2 Å². The monoisotopic (exact) mass is 313 g/mol. The van der Waals surface area contributed by atoms with Crippen LogP contribution in [0.3, 0.4) is 0 Å². The maximum Gasteiger partial charge on any atom is 0.344 e. The average molecular weight is 313 g/mol. The topological polar surface area (TPSA) is 64.6 Å². The first-order valence-electron chi connectivity index (χ1n) is 7.40. The number of amides is 1. The number of nitrogens with one attached hydrogen (secondary N) is 1. The van der Waals surface area contributed by atoms with Gasteiger partial charge >= 0.3 is 5.97 Å². The van der Waals surface area contributed by atoms with Crippen molar-refractivity contribution in [1.29, 1.82) is 0 Å². The van der Waals surface area contributed by atoms with E-state index in [0.29, 0.717) is 11.4 Å². The lowest BCUT2D eigenvalue weighted by Crippen LogP contribution is -2.23. The predicted molar refractivity (Wildman–Crippen MR) is 87.3 cm³/mol. The molecule has 0 unspecified atom stereocenters. The molecule has 0 aromatic heterocycles. The van der Waals surface area contributed by atoms with E-state index in [0.717, 1.165) is 12.0 Å². The van der Waals surface area contributed by atoms with Crippen LogP contribution in [0.5, 0.6) is 5.75 Å². The Balaban J connectivity index is 1.74. The maximum atomic E-state index is 11.7. The van der Waals surface area contributed by atoms with Crippen LogP contribution in [0, 0.1) is 0 Å².